The summed E-state index contributed by atoms with van der Waals surface area (Å²) in [5.41, 5.74) is 0. The first-order valence-electron chi connectivity index (χ1n) is 10.7. The van der Waals surface area contributed by atoms with Crippen LogP contribution in [0.25, 0.3) is 0 Å². The van der Waals surface area contributed by atoms with E-state index < -0.39 is 0 Å². The molecule has 0 bridgehead atoms. The molecule has 0 spiro atoms. The summed E-state index contributed by atoms with van der Waals surface area (Å²) in [6, 6.07) is 0. The van der Waals surface area contributed by atoms with E-state index in [2.05, 4.69) is 13.8 Å². The fraction of sp³-hybridized carbons (Fsp3) is 0.955. The molecule has 1 rings (SSSR count). The Morgan fingerprint density at radius 3 is 1.55 bits per heavy atom. The second-order valence-corrected chi connectivity index (χ2v) is 7.68. The molecule has 0 unspecified atom stereocenters. The first-order chi connectivity index (χ1) is 10.9. The van der Waals surface area contributed by atoms with Crippen molar-refractivity contribution in [2.45, 2.75) is 129 Å². The third kappa shape index (κ3) is 9.90. The van der Waals surface area contributed by atoms with Crippen LogP contribution in [0.1, 0.15) is 129 Å². The zero-order valence-corrected chi connectivity index (χ0v) is 15.8. The standard InChI is InChI=1S/C22H43/c1-3-5-7-9-11-14-18-21(17-13-10-8-6-4-2)22-19-15-12-16-20-22/h22H,3-20H2,1-2H3. The third-order valence-electron chi connectivity index (χ3n) is 5.64. The molecule has 0 atom stereocenters. The Morgan fingerprint density at radius 2 is 1.05 bits per heavy atom. The van der Waals surface area contributed by atoms with Crippen molar-refractivity contribution >= 4 is 0 Å². The molecule has 0 heterocycles. The van der Waals surface area contributed by atoms with Gasteiger partial charge in [0, 0.05) is 0 Å². The minimum absolute atomic E-state index is 1.01. The normalized spacial score (nSPS) is 16.5. The number of unbranched alkanes of at least 4 members (excludes halogenated alkanes) is 9. The molecular formula is C22H43. The molecule has 1 radical (unpaired) electrons. The Hall–Kier alpha value is 0. The SMILES string of the molecule is CCCCCCCC[C](CCCCCCC)C1CCCCC1. The summed E-state index contributed by atoms with van der Waals surface area (Å²) in [5.74, 6) is 2.99. The van der Waals surface area contributed by atoms with E-state index in [1.807, 2.05) is 5.92 Å². The molecule has 1 aliphatic carbocycles. The fourth-order valence-electron chi connectivity index (χ4n) is 4.13. The van der Waals surface area contributed by atoms with Crippen molar-refractivity contribution in [3.8, 4) is 0 Å². The summed E-state index contributed by atoms with van der Waals surface area (Å²) in [6.45, 7) is 4.63. The second kappa shape index (κ2) is 14.6. The maximum Gasteiger partial charge on any atom is -0.0210 e. The lowest BCUT2D eigenvalue weighted by Crippen LogP contribution is -2.16. The Kier molecular flexibility index (Phi) is 13.3. The van der Waals surface area contributed by atoms with Gasteiger partial charge < -0.3 is 0 Å². The minimum atomic E-state index is 1.01. The lowest BCUT2D eigenvalue weighted by molar-refractivity contribution is 0.336. The summed E-state index contributed by atoms with van der Waals surface area (Å²) >= 11 is 0. The molecule has 1 saturated carbocycles. The van der Waals surface area contributed by atoms with Crippen LogP contribution in [0, 0.1) is 11.8 Å². The van der Waals surface area contributed by atoms with E-state index in [1.165, 1.54) is 116 Å². The van der Waals surface area contributed by atoms with Crippen LogP contribution in [0.15, 0.2) is 0 Å². The van der Waals surface area contributed by atoms with Gasteiger partial charge >= 0.3 is 0 Å². The lowest BCUT2D eigenvalue weighted by Gasteiger charge is -2.30. The largest absolute Gasteiger partial charge is 0.0654 e. The van der Waals surface area contributed by atoms with Crippen LogP contribution in [0.5, 0.6) is 0 Å². The average molecular weight is 308 g/mol. The molecule has 0 N–H and O–H groups in total. The number of rotatable bonds is 14. The topological polar surface area (TPSA) is 0 Å². The highest BCUT2D eigenvalue weighted by atomic mass is 14.3. The van der Waals surface area contributed by atoms with E-state index in [1.54, 1.807) is 0 Å². The summed E-state index contributed by atoms with van der Waals surface area (Å²) < 4.78 is 0. The Bertz CT molecular complexity index is 214. The molecule has 0 amide bonds. The first-order valence-corrected chi connectivity index (χ1v) is 10.7. The highest BCUT2D eigenvalue weighted by molar-refractivity contribution is 4.97. The molecule has 0 aromatic rings. The zero-order chi connectivity index (χ0) is 15.9. The maximum atomic E-state index is 2.32. The predicted octanol–water partition coefficient (Wildman–Crippen LogP) is 8.25. The van der Waals surface area contributed by atoms with Crippen LogP contribution in [0.2, 0.25) is 0 Å². The summed E-state index contributed by atoms with van der Waals surface area (Å²) in [5, 5.41) is 0. The van der Waals surface area contributed by atoms with Crippen LogP contribution >= 0.6 is 0 Å². The van der Waals surface area contributed by atoms with Crippen molar-refractivity contribution in [2.24, 2.45) is 5.92 Å². The summed E-state index contributed by atoms with van der Waals surface area (Å²) in [6.07, 6.45) is 26.4. The average Bonchev–Trinajstić information content (AvgIpc) is 2.56. The predicted molar refractivity (Wildman–Crippen MR) is 101 cm³/mol. The smallest absolute Gasteiger partial charge is 0.0210 e. The van der Waals surface area contributed by atoms with Gasteiger partial charge in [-0.3, -0.25) is 0 Å². The van der Waals surface area contributed by atoms with Crippen LogP contribution in [0.4, 0.5) is 0 Å². The quantitative estimate of drug-likeness (QED) is 0.283. The second-order valence-electron chi connectivity index (χ2n) is 7.68. The molecule has 131 valence electrons. The van der Waals surface area contributed by atoms with Gasteiger partial charge in [0.2, 0.25) is 0 Å². The molecule has 0 aromatic heterocycles. The van der Waals surface area contributed by atoms with Gasteiger partial charge in [0.25, 0.3) is 0 Å². The van der Waals surface area contributed by atoms with Gasteiger partial charge in [-0.25, -0.2) is 0 Å². The molecular weight excluding hydrogens is 264 g/mol. The molecule has 0 heteroatoms. The molecule has 1 aliphatic rings. The van der Waals surface area contributed by atoms with E-state index in [-0.39, 0.29) is 0 Å². The van der Waals surface area contributed by atoms with Gasteiger partial charge in [0.05, 0.1) is 0 Å². The third-order valence-corrected chi connectivity index (χ3v) is 5.64. The van der Waals surface area contributed by atoms with Crippen LogP contribution in [-0.4, -0.2) is 0 Å². The number of hydrogen-bond donors (Lipinski definition) is 0. The van der Waals surface area contributed by atoms with Crippen molar-refractivity contribution in [3.05, 3.63) is 5.92 Å². The van der Waals surface area contributed by atoms with Gasteiger partial charge in [-0.2, -0.15) is 0 Å². The van der Waals surface area contributed by atoms with E-state index in [0.29, 0.717) is 0 Å². The molecule has 0 saturated heterocycles. The summed E-state index contributed by atoms with van der Waals surface area (Å²) in [4.78, 5) is 0. The van der Waals surface area contributed by atoms with Gasteiger partial charge in [0.1, 0.15) is 0 Å². The number of hydrogen-bond acceptors (Lipinski definition) is 0. The molecule has 1 fully saturated rings. The Morgan fingerprint density at radius 1 is 0.591 bits per heavy atom. The minimum Gasteiger partial charge on any atom is -0.0654 e. The van der Waals surface area contributed by atoms with Crippen molar-refractivity contribution in [1.29, 1.82) is 0 Å². The van der Waals surface area contributed by atoms with E-state index in [4.69, 9.17) is 0 Å². The Labute approximate surface area is 141 Å². The highest BCUT2D eigenvalue weighted by Crippen LogP contribution is 2.37. The first kappa shape index (κ1) is 20.0. The zero-order valence-electron chi connectivity index (χ0n) is 15.8. The van der Waals surface area contributed by atoms with Gasteiger partial charge in [-0.05, 0) is 37.5 Å². The Balaban J connectivity index is 2.18. The molecule has 0 nitrogen and oxygen atoms in total. The maximum absolute atomic E-state index is 2.32. The lowest BCUT2D eigenvalue weighted by atomic mass is 9.75. The van der Waals surface area contributed by atoms with Crippen molar-refractivity contribution < 1.29 is 0 Å². The van der Waals surface area contributed by atoms with Crippen LogP contribution in [0.3, 0.4) is 0 Å². The van der Waals surface area contributed by atoms with Crippen molar-refractivity contribution in [2.75, 3.05) is 0 Å². The van der Waals surface area contributed by atoms with Crippen molar-refractivity contribution in [1.82, 2.24) is 0 Å². The van der Waals surface area contributed by atoms with Crippen molar-refractivity contribution in [3.63, 3.8) is 0 Å². The van der Waals surface area contributed by atoms with Gasteiger partial charge in [0.15, 0.2) is 0 Å². The molecule has 0 aliphatic heterocycles. The van der Waals surface area contributed by atoms with Gasteiger partial charge in [-0.1, -0.05) is 104 Å². The van der Waals surface area contributed by atoms with Crippen LogP contribution in [-0.2, 0) is 0 Å². The molecule has 0 aromatic carbocycles. The van der Waals surface area contributed by atoms with E-state index >= 15 is 0 Å². The van der Waals surface area contributed by atoms with Crippen LogP contribution < -0.4 is 0 Å². The van der Waals surface area contributed by atoms with E-state index in [9.17, 15) is 0 Å². The van der Waals surface area contributed by atoms with E-state index in [0.717, 1.165) is 5.92 Å². The monoisotopic (exact) mass is 307 g/mol. The molecule has 22 heavy (non-hydrogen) atoms. The van der Waals surface area contributed by atoms with Gasteiger partial charge in [-0.15, -0.1) is 0 Å². The summed E-state index contributed by atoms with van der Waals surface area (Å²) in [7, 11) is 0. The fourth-order valence-corrected chi connectivity index (χ4v) is 4.13. The highest BCUT2D eigenvalue weighted by Gasteiger charge is 2.23.